The van der Waals surface area contributed by atoms with Gasteiger partial charge in [0.2, 0.25) is 0 Å². The minimum Gasteiger partial charge on any atom is -0.455 e. The predicted octanol–water partition coefficient (Wildman–Crippen LogP) is 15.2. The molecule has 0 saturated carbocycles. The number of benzene rings is 8. The fourth-order valence-electron chi connectivity index (χ4n) is 8.65. The second-order valence-corrected chi connectivity index (χ2v) is 14.8. The molecule has 0 aliphatic heterocycles. The third-order valence-electron chi connectivity index (χ3n) is 11.4. The van der Waals surface area contributed by atoms with Crippen LogP contribution in [0.25, 0.3) is 77.3 Å². The quantitative estimate of drug-likeness (QED) is 0.163. The molecule has 0 N–H and O–H groups in total. The van der Waals surface area contributed by atoms with E-state index in [-0.39, 0.29) is 0 Å². The molecule has 10 aromatic rings. The van der Waals surface area contributed by atoms with Gasteiger partial charge in [-0.05, 0) is 107 Å². The minimum atomic E-state index is 0.907. The fraction of sp³-hybridized carbons (Fsp3) is 0.0370. The number of hydrogen-bond donors (Lipinski definition) is 0. The molecule has 3 heteroatoms. The van der Waals surface area contributed by atoms with Crippen molar-refractivity contribution in [1.29, 1.82) is 0 Å². The number of fused-ring (bicyclic) bond motifs is 6. The van der Waals surface area contributed by atoms with Gasteiger partial charge in [0.25, 0.3) is 0 Å². The zero-order valence-electron chi connectivity index (χ0n) is 31.3. The molecule has 0 amide bonds. The second kappa shape index (κ2) is 13.7. The van der Waals surface area contributed by atoms with E-state index in [0.717, 1.165) is 68.7 Å². The Morgan fingerprint density at radius 2 is 1.05 bits per heavy atom. The second-order valence-electron chi connectivity index (χ2n) is 14.8. The van der Waals surface area contributed by atoms with Crippen molar-refractivity contribution in [2.45, 2.75) is 12.8 Å². The van der Waals surface area contributed by atoms with Crippen molar-refractivity contribution in [2.75, 3.05) is 4.90 Å². The Hall–Kier alpha value is -7.36. The molecule has 0 unspecified atom stereocenters. The molecule has 8 aromatic carbocycles. The van der Waals surface area contributed by atoms with Gasteiger partial charge < -0.3 is 13.9 Å². The van der Waals surface area contributed by atoms with Gasteiger partial charge in [0.1, 0.15) is 11.2 Å². The summed E-state index contributed by atoms with van der Waals surface area (Å²) in [6.07, 6.45) is 9.07. The first-order valence-corrected chi connectivity index (χ1v) is 19.7. The van der Waals surface area contributed by atoms with Crippen molar-refractivity contribution < 1.29 is 4.42 Å². The maximum atomic E-state index is 6.43. The van der Waals surface area contributed by atoms with E-state index in [0.29, 0.717) is 0 Å². The summed E-state index contributed by atoms with van der Waals surface area (Å²) in [5, 5.41) is 4.71. The summed E-state index contributed by atoms with van der Waals surface area (Å²) in [5.41, 5.74) is 15.8. The molecule has 0 bridgehead atoms. The van der Waals surface area contributed by atoms with E-state index in [1.54, 1.807) is 0 Å². The highest BCUT2D eigenvalue weighted by molar-refractivity contribution is 6.11. The summed E-state index contributed by atoms with van der Waals surface area (Å²) in [5.74, 6) is 0. The highest BCUT2D eigenvalue weighted by Gasteiger charge is 2.19. The molecule has 1 aliphatic carbocycles. The SMILES string of the molecule is C1=CC(c2ccc(-c3ccc(N(c4ccc(-c5cccc6c5oc5ccccc56)cc4)c4ccc5c(c4)c4ccccc4n5-c4ccccc4)cc3)cc2)=CCC1. The van der Waals surface area contributed by atoms with Gasteiger partial charge >= 0.3 is 0 Å². The molecule has 0 atom stereocenters. The van der Waals surface area contributed by atoms with Gasteiger partial charge in [0.05, 0.1) is 11.0 Å². The lowest BCUT2D eigenvalue weighted by Crippen LogP contribution is -2.10. The number of rotatable bonds is 7. The van der Waals surface area contributed by atoms with Gasteiger partial charge in [0, 0.05) is 49.9 Å². The third-order valence-corrected chi connectivity index (χ3v) is 11.4. The van der Waals surface area contributed by atoms with Crippen LogP contribution in [0.5, 0.6) is 0 Å². The summed E-state index contributed by atoms with van der Waals surface area (Å²) < 4.78 is 8.80. The number of furan rings is 1. The van der Waals surface area contributed by atoms with Gasteiger partial charge in [-0.1, -0.05) is 140 Å². The normalized spacial score (nSPS) is 12.8. The largest absolute Gasteiger partial charge is 0.455 e. The number of para-hydroxylation sites is 4. The van der Waals surface area contributed by atoms with E-state index in [4.69, 9.17) is 4.42 Å². The summed E-state index contributed by atoms with van der Waals surface area (Å²) >= 11 is 0. The Morgan fingerprint density at radius 1 is 0.439 bits per heavy atom. The summed E-state index contributed by atoms with van der Waals surface area (Å²) in [6.45, 7) is 0. The van der Waals surface area contributed by atoms with Crippen molar-refractivity contribution in [3.8, 4) is 27.9 Å². The average molecular weight is 731 g/mol. The number of aromatic nitrogens is 1. The molecule has 57 heavy (non-hydrogen) atoms. The first-order valence-electron chi connectivity index (χ1n) is 19.7. The highest BCUT2D eigenvalue weighted by Crippen LogP contribution is 2.42. The van der Waals surface area contributed by atoms with Crippen molar-refractivity contribution in [3.05, 3.63) is 212 Å². The van der Waals surface area contributed by atoms with Crippen LogP contribution in [-0.2, 0) is 0 Å². The maximum absolute atomic E-state index is 6.43. The van der Waals surface area contributed by atoms with E-state index < -0.39 is 0 Å². The van der Waals surface area contributed by atoms with Crippen LogP contribution in [-0.4, -0.2) is 4.57 Å². The first-order chi connectivity index (χ1) is 28.3. The molecule has 0 saturated heterocycles. The highest BCUT2D eigenvalue weighted by atomic mass is 16.3. The van der Waals surface area contributed by atoms with Crippen LogP contribution in [0.1, 0.15) is 18.4 Å². The average Bonchev–Trinajstić information content (AvgIpc) is 3.84. The van der Waals surface area contributed by atoms with Crippen LogP contribution in [0.4, 0.5) is 17.1 Å². The number of allylic oxidation sites excluding steroid dienone is 4. The van der Waals surface area contributed by atoms with Gasteiger partial charge in [0.15, 0.2) is 0 Å². The third kappa shape index (κ3) is 5.75. The van der Waals surface area contributed by atoms with Crippen molar-refractivity contribution in [2.24, 2.45) is 0 Å². The van der Waals surface area contributed by atoms with Crippen LogP contribution >= 0.6 is 0 Å². The summed E-state index contributed by atoms with van der Waals surface area (Å²) in [7, 11) is 0. The Balaban J connectivity index is 1.02. The zero-order chi connectivity index (χ0) is 37.7. The molecule has 0 spiro atoms. The molecule has 270 valence electrons. The molecule has 0 fully saturated rings. The van der Waals surface area contributed by atoms with Gasteiger partial charge in [-0.15, -0.1) is 0 Å². The van der Waals surface area contributed by atoms with Gasteiger partial charge in [-0.3, -0.25) is 0 Å². The molecular formula is C54H38N2O. The van der Waals surface area contributed by atoms with Crippen LogP contribution in [0, 0.1) is 0 Å². The summed E-state index contributed by atoms with van der Waals surface area (Å²) in [4.78, 5) is 2.37. The van der Waals surface area contributed by atoms with Gasteiger partial charge in [-0.2, -0.15) is 0 Å². The Labute approximate surface area is 331 Å². The van der Waals surface area contributed by atoms with E-state index in [2.05, 4.69) is 204 Å². The van der Waals surface area contributed by atoms with E-state index in [1.165, 1.54) is 44.1 Å². The minimum absolute atomic E-state index is 0.907. The number of anilines is 3. The van der Waals surface area contributed by atoms with Crippen LogP contribution < -0.4 is 4.90 Å². The van der Waals surface area contributed by atoms with Crippen LogP contribution in [0.15, 0.2) is 211 Å². The van der Waals surface area contributed by atoms with E-state index in [1.807, 2.05) is 12.1 Å². The Morgan fingerprint density at radius 3 is 1.81 bits per heavy atom. The number of hydrogen-bond acceptors (Lipinski definition) is 2. The van der Waals surface area contributed by atoms with Crippen molar-refractivity contribution >= 4 is 66.4 Å². The monoisotopic (exact) mass is 730 g/mol. The molecule has 1 aliphatic rings. The van der Waals surface area contributed by atoms with Crippen LogP contribution in [0.3, 0.4) is 0 Å². The maximum Gasteiger partial charge on any atom is 0.143 e. The molecule has 3 nitrogen and oxygen atoms in total. The lowest BCUT2D eigenvalue weighted by Gasteiger charge is -2.26. The molecular weight excluding hydrogens is 693 g/mol. The van der Waals surface area contributed by atoms with Crippen LogP contribution in [0.2, 0.25) is 0 Å². The van der Waals surface area contributed by atoms with Crippen molar-refractivity contribution in [1.82, 2.24) is 4.57 Å². The Bertz CT molecular complexity index is 3140. The zero-order valence-corrected chi connectivity index (χ0v) is 31.3. The van der Waals surface area contributed by atoms with E-state index in [9.17, 15) is 0 Å². The molecule has 11 rings (SSSR count). The van der Waals surface area contributed by atoms with Gasteiger partial charge in [-0.25, -0.2) is 0 Å². The number of nitrogens with zero attached hydrogens (tertiary/aromatic N) is 2. The smallest absolute Gasteiger partial charge is 0.143 e. The summed E-state index contributed by atoms with van der Waals surface area (Å²) in [6, 6.07) is 67.8. The van der Waals surface area contributed by atoms with E-state index >= 15 is 0 Å². The fourth-order valence-corrected chi connectivity index (χ4v) is 8.65. The topological polar surface area (TPSA) is 21.3 Å². The predicted molar refractivity (Wildman–Crippen MR) is 240 cm³/mol. The molecule has 2 heterocycles. The lowest BCUT2D eigenvalue weighted by atomic mass is 9.97. The van der Waals surface area contributed by atoms with Crippen molar-refractivity contribution in [3.63, 3.8) is 0 Å². The first kappa shape index (κ1) is 33.0. The molecule has 0 radical (unpaired) electrons. The standard InChI is InChI=1S/C54H38N2O/c1-3-12-37(13-4-1)38-22-24-39(25-23-38)40-26-30-43(31-27-40)55(44-32-28-41(29-33-44)46-18-11-19-49-48-17-8-10-21-53(48)57-54(46)49)45-34-35-52-50(36-45)47-16-7-9-20-51(47)56(52)42-14-5-2-6-15-42/h2-3,5-36H,1,4H2. The lowest BCUT2D eigenvalue weighted by molar-refractivity contribution is 0.670. The molecule has 2 aromatic heterocycles. The Kier molecular flexibility index (Phi) is 7.96.